The third kappa shape index (κ3) is 3.47. The smallest absolute Gasteiger partial charge is 0.181 e. The molecule has 0 radical (unpaired) electrons. The average Bonchev–Trinajstić information content (AvgIpc) is 2.21. The normalized spacial score (nSPS) is 12.5. The van der Waals surface area contributed by atoms with Crippen LogP contribution in [0.1, 0.15) is 6.92 Å². The van der Waals surface area contributed by atoms with Crippen molar-refractivity contribution >= 4 is 5.69 Å². The fourth-order valence-electron chi connectivity index (χ4n) is 1.27. The Kier molecular flexibility index (Phi) is 4.49. The van der Waals surface area contributed by atoms with E-state index in [2.05, 4.69) is 5.32 Å². The molecular formula is C11H15F2NO. The first-order valence-electron chi connectivity index (χ1n) is 4.82. The average molecular weight is 215 g/mol. The van der Waals surface area contributed by atoms with Crippen molar-refractivity contribution < 1.29 is 13.5 Å². The molecule has 0 aliphatic carbocycles. The third-order valence-corrected chi connectivity index (χ3v) is 2.04. The van der Waals surface area contributed by atoms with Crippen LogP contribution >= 0.6 is 0 Å². The van der Waals surface area contributed by atoms with Gasteiger partial charge in [-0.05, 0) is 18.1 Å². The molecule has 0 aliphatic heterocycles. The second-order valence-electron chi connectivity index (χ2n) is 3.54. The van der Waals surface area contributed by atoms with Crippen LogP contribution in [0.2, 0.25) is 0 Å². The highest BCUT2D eigenvalue weighted by Crippen LogP contribution is 2.16. The Morgan fingerprint density at radius 2 is 2.13 bits per heavy atom. The number of rotatable bonds is 5. The molecule has 84 valence electrons. The number of hydrogen-bond donors (Lipinski definition) is 1. The molecule has 1 aromatic carbocycles. The fourth-order valence-corrected chi connectivity index (χ4v) is 1.27. The number of anilines is 1. The van der Waals surface area contributed by atoms with Gasteiger partial charge >= 0.3 is 0 Å². The zero-order valence-corrected chi connectivity index (χ0v) is 8.89. The Morgan fingerprint density at radius 1 is 1.40 bits per heavy atom. The predicted octanol–water partition coefficient (Wildman–Crippen LogP) is 2.66. The van der Waals surface area contributed by atoms with Crippen molar-refractivity contribution in [1.82, 2.24) is 0 Å². The molecule has 0 amide bonds. The standard InChI is InChI=1S/C11H15F2NO/c1-8(7-15-2)6-14-10-5-3-4-9(12)11(10)13/h3-5,8,14H,6-7H2,1-2H3. The Hall–Kier alpha value is -1.16. The molecule has 0 fully saturated rings. The van der Waals surface area contributed by atoms with Crippen LogP contribution in [-0.2, 0) is 4.74 Å². The summed E-state index contributed by atoms with van der Waals surface area (Å²) in [5, 5.41) is 2.84. The van der Waals surface area contributed by atoms with E-state index in [4.69, 9.17) is 4.74 Å². The van der Waals surface area contributed by atoms with E-state index < -0.39 is 11.6 Å². The molecule has 1 N–H and O–H groups in total. The summed E-state index contributed by atoms with van der Waals surface area (Å²) >= 11 is 0. The SMILES string of the molecule is COCC(C)CNc1cccc(F)c1F. The van der Waals surface area contributed by atoms with Crippen molar-refractivity contribution in [1.29, 1.82) is 0 Å². The summed E-state index contributed by atoms with van der Waals surface area (Å²) in [4.78, 5) is 0. The second-order valence-corrected chi connectivity index (χ2v) is 3.54. The molecule has 0 heterocycles. The Labute approximate surface area is 88.3 Å². The van der Waals surface area contributed by atoms with E-state index in [9.17, 15) is 8.78 Å². The minimum Gasteiger partial charge on any atom is -0.384 e. The summed E-state index contributed by atoms with van der Waals surface area (Å²) in [6, 6.07) is 4.08. The molecule has 1 aromatic rings. The minimum absolute atomic E-state index is 0.193. The van der Waals surface area contributed by atoms with Crippen LogP contribution in [0, 0.1) is 17.6 Å². The minimum atomic E-state index is -0.834. The highest BCUT2D eigenvalue weighted by molar-refractivity contribution is 5.44. The van der Waals surface area contributed by atoms with Crippen molar-refractivity contribution in [3.05, 3.63) is 29.8 Å². The lowest BCUT2D eigenvalue weighted by Gasteiger charge is -2.13. The van der Waals surface area contributed by atoms with Gasteiger partial charge in [0.1, 0.15) is 0 Å². The monoisotopic (exact) mass is 215 g/mol. The fraction of sp³-hybridized carbons (Fsp3) is 0.455. The van der Waals surface area contributed by atoms with Crippen molar-refractivity contribution in [3.8, 4) is 0 Å². The largest absolute Gasteiger partial charge is 0.384 e. The molecule has 15 heavy (non-hydrogen) atoms. The van der Waals surface area contributed by atoms with Gasteiger partial charge in [-0.15, -0.1) is 0 Å². The van der Waals surface area contributed by atoms with Crippen LogP contribution in [0.3, 0.4) is 0 Å². The van der Waals surface area contributed by atoms with Crippen LogP contribution in [0.4, 0.5) is 14.5 Å². The molecule has 0 saturated carbocycles. The summed E-state index contributed by atoms with van der Waals surface area (Å²) in [6.45, 7) is 3.10. The first-order chi connectivity index (χ1) is 7.15. The highest BCUT2D eigenvalue weighted by Gasteiger charge is 2.08. The van der Waals surface area contributed by atoms with Gasteiger partial charge < -0.3 is 10.1 Å². The molecule has 0 aromatic heterocycles. The van der Waals surface area contributed by atoms with E-state index >= 15 is 0 Å². The number of halogens is 2. The first-order valence-corrected chi connectivity index (χ1v) is 4.82. The number of benzene rings is 1. The van der Waals surface area contributed by atoms with E-state index in [0.29, 0.717) is 13.2 Å². The molecule has 0 aliphatic rings. The molecule has 0 saturated heterocycles. The summed E-state index contributed by atoms with van der Waals surface area (Å²) < 4.78 is 30.9. The van der Waals surface area contributed by atoms with Crippen LogP contribution in [0.25, 0.3) is 0 Å². The molecule has 1 unspecified atom stereocenters. The zero-order chi connectivity index (χ0) is 11.3. The van der Waals surface area contributed by atoms with Gasteiger partial charge in [0.2, 0.25) is 0 Å². The summed E-state index contributed by atoms with van der Waals surface area (Å²) in [5.74, 6) is -1.42. The maximum atomic E-state index is 13.2. The van der Waals surface area contributed by atoms with Gasteiger partial charge in [0.05, 0.1) is 12.3 Å². The predicted molar refractivity (Wildman–Crippen MR) is 55.9 cm³/mol. The van der Waals surface area contributed by atoms with Gasteiger partial charge in [0, 0.05) is 13.7 Å². The number of hydrogen-bond acceptors (Lipinski definition) is 2. The maximum absolute atomic E-state index is 13.2. The van der Waals surface area contributed by atoms with Gasteiger partial charge in [-0.2, -0.15) is 0 Å². The molecule has 1 rings (SSSR count). The van der Waals surface area contributed by atoms with Crippen LogP contribution in [0.15, 0.2) is 18.2 Å². The second kappa shape index (κ2) is 5.66. The van der Waals surface area contributed by atoms with E-state index in [0.717, 1.165) is 6.07 Å². The van der Waals surface area contributed by atoms with Gasteiger partial charge in [-0.25, -0.2) is 8.78 Å². The van der Waals surface area contributed by atoms with E-state index in [1.54, 1.807) is 7.11 Å². The number of methoxy groups -OCH3 is 1. The van der Waals surface area contributed by atoms with Crippen LogP contribution in [0.5, 0.6) is 0 Å². The molecule has 1 atom stereocenters. The van der Waals surface area contributed by atoms with Gasteiger partial charge in [-0.3, -0.25) is 0 Å². The summed E-state index contributed by atoms with van der Waals surface area (Å²) in [6.07, 6.45) is 0. The van der Waals surface area contributed by atoms with Crippen molar-refractivity contribution in [2.24, 2.45) is 5.92 Å². The summed E-state index contributed by atoms with van der Waals surface area (Å²) in [5.41, 5.74) is 0.193. The molecule has 2 nitrogen and oxygen atoms in total. The van der Waals surface area contributed by atoms with Gasteiger partial charge in [0.25, 0.3) is 0 Å². The zero-order valence-electron chi connectivity index (χ0n) is 8.89. The lowest BCUT2D eigenvalue weighted by Crippen LogP contribution is -2.16. The quantitative estimate of drug-likeness (QED) is 0.815. The van der Waals surface area contributed by atoms with E-state index in [1.165, 1.54) is 12.1 Å². The molecule has 0 spiro atoms. The lowest BCUT2D eigenvalue weighted by atomic mass is 10.2. The first kappa shape index (κ1) is 11.9. The van der Waals surface area contributed by atoms with Crippen LogP contribution < -0.4 is 5.32 Å². The molecule has 0 bridgehead atoms. The number of nitrogens with one attached hydrogen (secondary N) is 1. The maximum Gasteiger partial charge on any atom is 0.181 e. The Balaban J connectivity index is 2.54. The third-order valence-electron chi connectivity index (χ3n) is 2.04. The molecular weight excluding hydrogens is 200 g/mol. The summed E-state index contributed by atoms with van der Waals surface area (Å²) in [7, 11) is 1.61. The lowest BCUT2D eigenvalue weighted by molar-refractivity contribution is 0.164. The van der Waals surface area contributed by atoms with E-state index in [1.807, 2.05) is 6.92 Å². The Morgan fingerprint density at radius 3 is 2.80 bits per heavy atom. The van der Waals surface area contributed by atoms with E-state index in [-0.39, 0.29) is 11.6 Å². The highest BCUT2D eigenvalue weighted by atomic mass is 19.2. The van der Waals surface area contributed by atoms with Crippen molar-refractivity contribution in [2.45, 2.75) is 6.92 Å². The topological polar surface area (TPSA) is 21.3 Å². The van der Waals surface area contributed by atoms with Crippen LogP contribution in [-0.4, -0.2) is 20.3 Å². The van der Waals surface area contributed by atoms with Crippen molar-refractivity contribution in [2.75, 3.05) is 25.6 Å². The molecule has 4 heteroatoms. The van der Waals surface area contributed by atoms with Crippen molar-refractivity contribution in [3.63, 3.8) is 0 Å². The Bertz CT molecular complexity index is 317. The van der Waals surface area contributed by atoms with Gasteiger partial charge in [-0.1, -0.05) is 13.0 Å². The number of ether oxygens (including phenoxy) is 1. The van der Waals surface area contributed by atoms with Gasteiger partial charge in [0.15, 0.2) is 11.6 Å².